The summed E-state index contributed by atoms with van der Waals surface area (Å²) in [6, 6.07) is 5.14. The van der Waals surface area contributed by atoms with Crippen molar-refractivity contribution in [3.05, 3.63) is 29.3 Å². The van der Waals surface area contributed by atoms with Crippen molar-refractivity contribution in [1.29, 1.82) is 5.26 Å². The fourth-order valence-electron chi connectivity index (χ4n) is 2.46. The molecule has 22 heavy (non-hydrogen) atoms. The van der Waals surface area contributed by atoms with E-state index in [2.05, 4.69) is 5.32 Å². The average Bonchev–Trinajstić information content (AvgIpc) is 2.52. The van der Waals surface area contributed by atoms with Crippen LogP contribution in [0.25, 0.3) is 0 Å². The number of methoxy groups -OCH3 is 1. The van der Waals surface area contributed by atoms with Crippen LogP contribution in [-0.2, 0) is 15.7 Å². The third kappa shape index (κ3) is 3.70. The molecule has 1 aliphatic rings. The van der Waals surface area contributed by atoms with Gasteiger partial charge in [-0.15, -0.1) is 0 Å². The highest BCUT2D eigenvalue weighted by Crippen LogP contribution is 2.36. The van der Waals surface area contributed by atoms with Gasteiger partial charge < -0.3 is 14.8 Å². The van der Waals surface area contributed by atoms with E-state index in [0.717, 1.165) is 12.1 Å². The first-order valence-electron chi connectivity index (χ1n) is 6.88. The van der Waals surface area contributed by atoms with Crippen LogP contribution >= 0.6 is 0 Å². The average molecular weight is 314 g/mol. The molecule has 0 saturated carbocycles. The summed E-state index contributed by atoms with van der Waals surface area (Å²) in [5.41, 5.74) is -1.27. The van der Waals surface area contributed by atoms with Crippen LogP contribution in [0.15, 0.2) is 18.2 Å². The number of hydrogen-bond donors (Lipinski definition) is 1. The predicted octanol–water partition coefficient (Wildman–Crippen LogP) is 3.18. The second-order valence-corrected chi connectivity index (χ2v) is 5.22. The van der Waals surface area contributed by atoms with Crippen LogP contribution in [0.2, 0.25) is 0 Å². The van der Waals surface area contributed by atoms with Gasteiger partial charge in [-0.25, -0.2) is 0 Å². The number of nitriles is 1. The molecule has 1 aromatic rings. The van der Waals surface area contributed by atoms with Crippen LogP contribution in [0.1, 0.15) is 24.0 Å². The molecule has 0 aliphatic carbocycles. The first kappa shape index (κ1) is 16.6. The molecule has 0 radical (unpaired) electrons. The van der Waals surface area contributed by atoms with Crippen LogP contribution in [0.4, 0.5) is 18.9 Å². The fraction of sp³-hybridized carbons (Fsp3) is 0.533. The Hall–Kier alpha value is -1.78. The summed E-state index contributed by atoms with van der Waals surface area (Å²) in [5.74, 6) is 0. The number of hydrogen-bond acceptors (Lipinski definition) is 4. The van der Waals surface area contributed by atoms with Crippen molar-refractivity contribution in [3.8, 4) is 6.07 Å². The molecule has 2 rings (SSSR count). The SMILES string of the molecule is COC1(CNc2cc(C#N)ccc2C(F)(F)F)CCOCC1. The number of nitrogens with zero attached hydrogens (tertiary/aromatic N) is 1. The van der Waals surface area contributed by atoms with Gasteiger partial charge in [-0.2, -0.15) is 18.4 Å². The third-order valence-corrected chi connectivity index (χ3v) is 3.89. The topological polar surface area (TPSA) is 54.3 Å². The van der Waals surface area contributed by atoms with Gasteiger partial charge in [-0.3, -0.25) is 0 Å². The summed E-state index contributed by atoms with van der Waals surface area (Å²) in [6.07, 6.45) is -3.27. The highest BCUT2D eigenvalue weighted by Gasteiger charge is 2.36. The molecule has 0 unspecified atom stereocenters. The maximum absolute atomic E-state index is 13.1. The Bertz CT molecular complexity index is 561. The van der Waals surface area contributed by atoms with E-state index in [9.17, 15) is 13.2 Å². The largest absolute Gasteiger partial charge is 0.418 e. The molecule has 1 N–H and O–H groups in total. The van der Waals surface area contributed by atoms with Crippen molar-refractivity contribution in [2.45, 2.75) is 24.6 Å². The minimum absolute atomic E-state index is 0.102. The summed E-state index contributed by atoms with van der Waals surface area (Å²) in [4.78, 5) is 0. The second-order valence-electron chi connectivity index (χ2n) is 5.22. The van der Waals surface area contributed by atoms with Crippen LogP contribution in [0, 0.1) is 11.3 Å². The number of nitrogens with one attached hydrogen (secondary N) is 1. The molecule has 1 fully saturated rings. The highest BCUT2D eigenvalue weighted by atomic mass is 19.4. The zero-order chi connectivity index (χ0) is 16.2. The van der Waals surface area contributed by atoms with Crippen molar-refractivity contribution in [1.82, 2.24) is 0 Å². The van der Waals surface area contributed by atoms with E-state index in [-0.39, 0.29) is 17.8 Å². The van der Waals surface area contributed by atoms with Crippen molar-refractivity contribution in [2.24, 2.45) is 0 Å². The van der Waals surface area contributed by atoms with Gasteiger partial charge in [0.05, 0.1) is 22.8 Å². The minimum Gasteiger partial charge on any atom is -0.382 e. The van der Waals surface area contributed by atoms with Gasteiger partial charge in [0.2, 0.25) is 0 Å². The number of halogens is 3. The molecule has 0 amide bonds. The first-order valence-corrected chi connectivity index (χ1v) is 6.88. The predicted molar refractivity (Wildman–Crippen MR) is 74.4 cm³/mol. The summed E-state index contributed by atoms with van der Waals surface area (Å²) < 4.78 is 49.9. The molecule has 120 valence electrons. The standard InChI is InChI=1S/C15H17F3N2O2/c1-21-14(4-6-22-7-5-14)10-20-13-8-11(9-19)2-3-12(13)15(16,17)18/h2-3,8,20H,4-7,10H2,1H3. The van der Waals surface area contributed by atoms with E-state index < -0.39 is 17.3 Å². The Kier molecular flexibility index (Phi) is 4.94. The lowest BCUT2D eigenvalue weighted by Crippen LogP contribution is -2.44. The number of ether oxygens (including phenoxy) is 2. The lowest BCUT2D eigenvalue weighted by Gasteiger charge is -2.36. The van der Waals surface area contributed by atoms with E-state index in [1.165, 1.54) is 6.07 Å². The third-order valence-electron chi connectivity index (χ3n) is 3.89. The van der Waals surface area contributed by atoms with Crippen molar-refractivity contribution in [3.63, 3.8) is 0 Å². The van der Waals surface area contributed by atoms with Crippen LogP contribution in [0.3, 0.4) is 0 Å². The normalized spacial score (nSPS) is 17.8. The number of rotatable bonds is 4. The van der Waals surface area contributed by atoms with E-state index >= 15 is 0 Å². The Labute approximate surface area is 126 Å². The van der Waals surface area contributed by atoms with Crippen LogP contribution < -0.4 is 5.32 Å². The molecule has 0 atom stereocenters. The molecule has 4 nitrogen and oxygen atoms in total. The zero-order valence-corrected chi connectivity index (χ0v) is 12.2. The fourth-order valence-corrected chi connectivity index (χ4v) is 2.46. The second kappa shape index (κ2) is 6.55. The number of anilines is 1. The number of benzene rings is 1. The zero-order valence-electron chi connectivity index (χ0n) is 12.2. The van der Waals surface area contributed by atoms with Crippen LogP contribution in [-0.4, -0.2) is 32.5 Å². The minimum atomic E-state index is -4.48. The molecule has 1 heterocycles. The monoisotopic (exact) mass is 314 g/mol. The van der Waals surface area contributed by atoms with Gasteiger partial charge in [-0.1, -0.05) is 0 Å². The van der Waals surface area contributed by atoms with Gasteiger partial charge in [0.1, 0.15) is 0 Å². The molecule has 1 saturated heterocycles. The van der Waals surface area contributed by atoms with Gasteiger partial charge in [0, 0.05) is 45.4 Å². The van der Waals surface area contributed by atoms with E-state index in [0.29, 0.717) is 26.1 Å². The Morgan fingerprint density at radius 3 is 2.59 bits per heavy atom. The molecular weight excluding hydrogens is 297 g/mol. The molecule has 7 heteroatoms. The summed E-state index contributed by atoms with van der Waals surface area (Å²) >= 11 is 0. The maximum atomic E-state index is 13.1. The van der Waals surface area contributed by atoms with E-state index in [4.69, 9.17) is 14.7 Å². The Morgan fingerprint density at radius 1 is 1.36 bits per heavy atom. The quantitative estimate of drug-likeness (QED) is 0.927. The molecule has 0 bridgehead atoms. The lowest BCUT2D eigenvalue weighted by atomic mass is 9.93. The van der Waals surface area contributed by atoms with Gasteiger partial charge >= 0.3 is 6.18 Å². The molecule has 0 spiro atoms. The highest BCUT2D eigenvalue weighted by molar-refractivity contribution is 5.57. The maximum Gasteiger partial charge on any atom is 0.418 e. The van der Waals surface area contributed by atoms with Gasteiger partial charge in [-0.05, 0) is 18.2 Å². The lowest BCUT2D eigenvalue weighted by molar-refractivity contribution is -0.137. The summed E-state index contributed by atoms with van der Waals surface area (Å²) in [6.45, 7) is 1.25. The van der Waals surface area contributed by atoms with E-state index in [1.54, 1.807) is 7.11 Å². The molecule has 1 aromatic carbocycles. The summed E-state index contributed by atoms with van der Waals surface area (Å²) in [7, 11) is 1.55. The molecule has 1 aliphatic heterocycles. The van der Waals surface area contributed by atoms with Crippen molar-refractivity contribution < 1.29 is 22.6 Å². The Morgan fingerprint density at radius 2 is 2.05 bits per heavy atom. The van der Waals surface area contributed by atoms with Gasteiger partial charge in [0.25, 0.3) is 0 Å². The van der Waals surface area contributed by atoms with E-state index in [1.807, 2.05) is 6.07 Å². The van der Waals surface area contributed by atoms with Gasteiger partial charge in [0.15, 0.2) is 0 Å². The first-order chi connectivity index (χ1) is 10.4. The Balaban J connectivity index is 2.22. The van der Waals surface area contributed by atoms with Crippen molar-refractivity contribution >= 4 is 5.69 Å². The smallest absolute Gasteiger partial charge is 0.382 e. The molecular formula is C15H17F3N2O2. The number of alkyl halides is 3. The summed E-state index contributed by atoms with van der Waals surface area (Å²) in [5, 5.41) is 11.7. The van der Waals surface area contributed by atoms with Crippen molar-refractivity contribution in [2.75, 3.05) is 32.2 Å². The molecule has 0 aromatic heterocycles. The van der Waals surface area contributed by atoms with Crippen LogP contribution in [0.5, 0.6) is 0 Å².